The maximum atomic E-state index is 12.4. The molecule has 0 bridgehead atoms. The van der Waals surface area contributed by atoms with Gasteiger partial charge in [0.2, 0.25) is 0 Å². The van der Waals surface area contributed by atoms with Gasteiger partial charge in [0.15, 0.2) is 5.96 Å². The lowest BCUT2D eigenvalue weighted by Crippen LogP contribution is -2.59. The maximum Gasteiger partial charge on any atom is 0.309 e. The summed E-state index contributed by atoms with van der Waals surface area (Å²) < 4.78 is 30.2. The van der Waals surface area contributed by atoms with Crippen LogP contribution in [-0.2, 0) is 15.7 Å². The SMILES string of the molecule is CCCS(=O)(=O)Oc1cccc(C2(c3cccc(-c4cc(Cl)cc(Cl)c4)c3)N=C(N)N3CCCNC32)c1. The molecule has 0 spiro atoms. The number of nitrogens with zero attached hydrogens (tertiary/aromatic N) is 2. The highest BCUT2D eigenvalue weighted by atomic mass is 35.5. The summed E-state index contributed by atoms with van der Waals surface area (Å²) in [5.74, 6) is 0.611. The quantitative estimate of drug-likeness (QED) is 0.397. The average Bonchev–Trinajstić information content (AvgIpc) is 3.17. The summed E-state index contributed by atoms with van der Waals surface area (Å²) in [6, 6.07) is 20.5. The summed E-state index contributed by atoms with van der Waals surface area (Å²) in [5.41, 5.74) is 8.98. The summed E-state index contributed by atoms with van der Waals surface area (Å²) in [4.78, 5) is 7.11. The van der Waals surface area contributed by atoms with Gasteiger partial charge in [0.05, 0.1) is 5.75 Å². The molecular weight excluding hydrogens is 531 g/mol. The van der Waals surface area contributed by atoms with Gasteiger partial charge >= 0.3 is 10.1 Å². The molecule has 37 heavy (non-hydrogen) atoms. The lowest BCUT2D eigenvalue weighted by Gasteiger charge is -2.41. The first-order chi connectivity index (χ1) is 17.7. The van der Waals surface area contributed by atoms with Gasteiger partial charge in [-0.3, -0.25) is 5.32 Å². The van der Waals surface area contributed by atoms with Crippen LogP contribution in [0.4, 0.5) is 0 Å². The predicted molar refractivity (Wildman–Crippen MR) is 149 cm³/mol. The van der Waals surface area contributed by atoms with Crippen molar-refractivity contribution in [1.29, 1.82) is 0 Å². The van der Waals surface area contributed by atoms with Gasteiger partial charge in [-0.2, -0.15) is 8.42 Å². The molecule has 0 amide bonds. The number of hydrogen-bond donors (Lipinski definition) is 2. The Kier molecular flexibility index (Phi) is 7.11. The molecule has 0 saturated carbocycles. The third-order valence-electron chi connectivity index (χ3n) is 6.66. The summed E-state index contributed by atoms with van der Waals surface area (Å²) in [5, 5.41) is 4.69. The predicted octanol–water partition coefficient (Wildman–Crippen LogP) is 4.97. The molecule has 10 heteroatoms. The van der Waals surface area contributed by atoms with Crippen LogP contribution in [0, 0.1) is 0 Å². The first-order valence-corrected chi connectivity index (χ1v) is 14.5. The minimum Gasteiger partial charge on any atom is -0.382 e. The van der Waals surface area contributed by atoms with Gasteiger partial charge in [-0.15, -0.1) is 0 Å². The molecule has 5 rings (SSSR count). The molecule has 1 fully saturated rings. The van der Waals surface area contributed by atoms with Crippen LogP contribution in [0.1, 0.15) is 30.9 Å². The van der Waals surface area contributed by atoms with Crippen LogP contribution in [0.5, 0.6) is 5.75 Å². The Balaban J connectivity index is 1.67. The van der Waals surface area contributed by atoms with Crippen molar-refractivity contribution in [3.8, 4) is 16.9 Å². The van der Waals surface area contributed by atoms with Crippen LogP contribution in [0.25, 0.3) is 11.1 Å². The number of rotatable bonds is 7. The highest BCUT2D eigenvalue weighted by Gasteiger charge is 2.51. The number of nitrogens with one attached hydrogen (secondary N) is 1. The van der Waals surface area contributed by atoms with Crippen LogP contribution in [0.2, 0.25) is 10.0 Å². The van der Waals surface area contributed by atoms with Gasteiger partial charge in [0.25, 0.3) is 0 Å². The third kappa shape index (κ3) is 5.03. The van der Waals surface area contributed by atoms with E-state index in [2.05, 4.69) is 16.3 Å². The molecule has 3 N–H and O–H groups in total. The fourth-order valence-corrected chi connectivity index (χ4v) is 6.65. The van der Waals surface area contributed by atoms with Gasteiger partial charge in [0.1, 0.15) is 17.5 Å². The second-order valence-corrected chi connectivity index (χ2v) is 11.8. The summed E-state index contributed by atoms with van der Waals surface area (Å²) in [7, 11) is -3.71. The molecular formula is C27H28Cl2N4O3S. The zero-order valence-corrected chi connectivity index (χ0v) is 22.7. The van der Waals surface area contributed by atoms with E-state index in [4.69, 9.17) is 38.1 Å². The van der Waals surface area contributed by atoms with Crippen LogP contribution in [0.15, 0.2) is 71.7 Å². The van der Waals surface area contributed by atoms with E-state index >= 15 is 0 Å². The van der Waals surface area contributed by atoms with Crippen molar-refractivity contribution < 1.29 is 12.6 Å². The Morgan fingerprint density at radius 1 is 1.05 bits per heavy atom. The molecule has 3 aromatic carbocycles. The van der Waals surface area contributed by atoms with Crippen LogP contribution in [-0.4, -0.2) is 44.3 Å². The highest BCUT2D eigenvalue weighted by molar-refractivity contribution is 7.87. The van der Waals surface area contributed by atoms with E-state index in [-0.39, 0.29) is 17.7 Å². The molecule has 2 aliphatic heterocycles. The molecule has 1 saturated heterocycles. The average molecular weight is 560 g/mol. The topological polar surface area (TPSA) is 97.0 Å². The minimum absolute atomic E-state index is 0.0599. The first-order valence-electron chi connectivity index (χ1n) is 12.2. The first kappa shape index (κ1) is 25.9. The molecule has 2 heterocycles. The molecule has 2 aliphatic rings. The molecule has 0 aromatic heterocycles. The van der Waals surface area contributed by atoms with Crippen LogP contribution >= 0.6 is 23.2 Å². The minimum atomic E-state index is -3.71. The van der Waals surface area contributed by atoms with E-state index in [1.807, 2.05) is 36.4 Å². The number of fused-ring (bicyclic) bond motifs is 1. The molecule has 194 valence electrons. The smallest absolute Gasteiger partial charge is 0.309 e. The van der Waals surface area contributed by atoms with E-state index in [0.717, 1.165) is 41.8 Å². The zero-order valence-electron chi connectivity index (χ0n) is 20.3. The Hall–Kier alpha value is -2.78. The van der Waals surface area contributed by atoms with E-state index in [9.17, 15) is 8.42 Å². The largest absolute Gasteiger partial charge is 0.382 e. The number of nitrogens with two attached hydrogens (primary N) is 1. The fourth-order valence-electron chi connectivity index (χ4n) is 5.14. The molecule has 0 radical (unpaired) electrons. The number of guanidine groups is 1. The van der Waals surface area contributed by atoms with Gasteiger partial charge in [-0.1, -0.05) is 60.5 Å². The van der Waals surface area contributed by atoms with Gasteiger partial charge < -0.3 is 14.8 Å². The second kappa shape index (κ2) is 10.2. The van der Waals surface area contributed by atoms with Crippen molar-refractivity contribution in [2.45, 2.75) is 31.5 Å². The second-order valence-electron chi connectivity index (χ2n) is 9.25. The van der Waals surface area contributed by atoms with Gasteiger partial charge in [-0.25, -0.2) is 4.99 Å². The van der Waals surface area contributed by atoms with Crippen molar-refractivity contribution in [3.63, 3.8) is 0 Å². The van der Waals surface area contributed by atoms with Crippen molar-refractivity contribution in [1.82, 2.24) is 10.2 Å². The molecule has 7 nitrogen and oxygen atoms in total. The third-order valence-corrected chi connectivity index (χ3v) is 8.45. The molecule has 0 aliphatic carbocycles. The Morgan fingerprint density at radius 3 is 2.49 bits per heavy atom. The summed E-state index contributed by atoms with van der Waals surface area (Å²) in [6.07, 6.45) is 1.14. The monoisotopic (exact) mass is 558 g/mol. The van der Waals surface area contributed by atoms with Crippen LogP contribution < -0.4 is 15.2 Å². The fraction of sp³-hybridized carbons (Fsp3) is 0.296. The maximum absolute atomic E-state index is 12.4. The van der Waals surface area contributed by atoms with Crippen molar-refractivity contribution >= 4 is 39.3 Å². The number of benzene rings is 3. The van der Waals surface area contributed by atoms with Crippen molar-refractivity contribution in [2.75, 3.05) is 18.8 Å². The number of halogens is 2. The standard InChI is InChI=1S/C27H28Cl2N4O3S/c1-2-12-37(34,35)36-24-9-4-8-21(16-24)27(25-31-10-5-11-33(25)26(30)32-27)20-7-3-6-18(13-20)19-14-22(28)17-23(29)15-19/h3-4,6-9,13-17,25,31H,2,5,10-12H2,1H3,(H2,30,32). The van der Waals surface area contributed by atoms with E-state index < -0.39 is 15.7 Å². The normalized spacial score (nSPS) is 21.4. The Bertz CT molecular complexity index is 1440. The lowest BCUT2D eigenvalue weighted by molar-refractivity contribution is 0.177. The summed E-state index contributed by atoms with van der Waals surface area (Å²) in [6.45, 7) is 3.36. The molecule has 2 unspecified atom stereocenters. The van der Waals surface area contributed by atoms with Gasteiger partial charge in [0, 0.05) is 16.6 Å². The number of hydrogen-bond acceptors (Lipinski definition) is 7. The van der Waals surface area contributed by atoms with Crippen LogP contribution in [0.3, 0.4) is 0 Å². The highest BCUT2D eigenvalue weighted by Crippen LogP contribution is 2.45. The lowest BCUT2D eigenvalue weighted by atomic mass is 9.79. The number of aliphatic imine (C=N–C) groups is 1. The van der Waals surface area contributed by atoms with Crippen molar-refractivity contribution in [2.24, 2.45) is 10.7 Å². The summed E-state index contributed by atoms with van der Waals surface area (Å²) >= 11 is 12.6. The van der Waals surface area contributed by atoms with Gasteiger partial charge in [-0.05, 0) is 78.0 Å². The van der Waals surface area contributed by atoms with E-state index in [1.54, 1.807) is 31.2 Å². The molecule has 3 aromatic rings. The Labute approximate surface area is 227 Å². The molecule has 2 atom stereocenters. The Morgan fingerprint density at radius 2 is 1.76 bits per heavy atom. The van der Waals surface area contributed by atoms with Crippen molar-refractivity contribution in [3.05, 3.63) is 87.9 Å². The van der Waals surface area contributed by atoms with E-state index in [1.165, 1.54) is 0 Å². The zero-order chi connectivity index (χ0) is 26.2. The van der Waals surface area contributed by atoms with E-state index in [0.29, 0.717) is 22.4 Å².